The molecule has 4 rings (SSSR count). The van der Waals surface area contributed by atoms with E-state index in [9.17, 15) is 9.59 Å². The summed E-state index contributed by atoms with van der Waals surface area (Å²) in [6.45, 7) is 0.385. The predicted molar refractivity (Wildman–Crippen MR) is 106 cm³/mol. The number of aromatic nitrogens is 2. The molecule has 5 nitrogen and oxygen atoms in total. The van der Waals surface area contributed by atoms with Crippen LogP contribution in [0.2, 0.25) is 5.02 Å². The minimum Gasteiger partial charge on any atom is -0.461 e. The zero-order chi connectivity index (χ0) is 18.8. The van der Waals surface area contributed by atoms with Crippen LogP contribution >= 0.6 is 22.9 Å². The van der Waals surface area contributed by atoms with Crippen LogP contribution in [0.25, 0.3) is 10.2 Å². The van der Waals surface area contributed by atoms with Gasteiger partial charge in [0.15, 0.2) is 0 Å². The van der Waals surface area contributed by atoms with Gasteiger partial charge in [0.2, 0.25) is 0 Å². The topological polar surface area (TPSA) is 61.2 Å². The van der Waals surface area contributed by atoms with Gasteiger partial charge < -0.3 is 4.74 Å². The van der Waals surface area contributed by atoms with Crippen LogP contribution < -0.4 is 5.56 Å². The molecule has 1 aliphatic rings. The van der Waals surface area contributed by atoms with E-state index in [1.54, 1.807) is 17.4 Å². The molecule has 0 fully saturated rings. The normalized spacial score (nSPS) is 13.5. The number of hydrogen-bond donors (Lipinski definition) is 0. The van der Waals surface area contributed by atoms with E-state index in [1.807, 2.05) is 18.2 Å². The standard InChI is InChI=1S/C20H19ClN2O3S/c21-15-7-3-1-5-13(15)11-26-17(24)9-10-23-12-22-19-18(20(23)25)14-6-2-4-8-16(14)27-19/h1,3,5,7,12H,2,4,6,8-11H2. The van der Waals surface area contributed by atoms with Crippen molar-refractivity contribution >= 4 is 39.1 Å². The molecule has 7 heteroatoms. The number of hydrogen-bond acceptors (Lipinski definition) is 5. The third-order valence-corrected chi connectivity index (χ3v) is 6.41. The van der Waals surface area contributed by atoms with Gasteiger partial charge in [-0.05, 0) is 37.3 Å². The van der Waals surface area contributed by atoms with Gasteiger partial charge in [-0.2, -0.15) is 0 Å². The Bertz CT molecular complexity index is 1060. The monoisotopic (exact) mass is 402 g/mol. The summed E-state index contributed by atoms with van der Waals surface area (Å²) in [5, 5.41) is 1.31. The van der Waals surface area contributed by atoms with Crippen LogP contribution in [0, 0.1) is 0 Å². The van der Waals surface area contributed by atoms with Crippen molar-refractivity contribution in [2.24, 2.45) is 0 Å². The first-order valence-electron chi connectivity index (χ1n) is 9.02. The average Bonchev–Trinajstić information content (AvgIpc) is 3.06. The summed E-state index contributed by atoms with van der Waals surface area (Å²) in [7, 11) is 0. The zero-order valence-corrected chi connectivity index (χ0v) is 16.3. The summed E-state index contributed by atoms with van der Waals surface area (Å²) in [6.07, 6.45) is 5.91. The highest BCUT2D eigenvalue weighted by molar-refractivity contribution is 7.18. The Morgan fingerprint density at radius 3 is 2.93 bits per heavy atom. The van der Waals surface area contributed by atoms with E-state index in [0.29, 0.717) is 5.02 Å². The molecule has 3 aromatic rings. The fourth-order valence-electron chi connectivity index (χ4n) is 3.40. The molecule has 0 saturated heterocycles. The SMILES string of the molecule is O=C(CCn1cnc2sc3c(c2c1=O)CCCC3)OCc1ccccc1Cl. The third-order valence-electron chi connectivity index (χ3n) is 4.85. The smallest absolute Gasteiger partial charge is 0.307 e. The van der Waals surface area contributed by atoms with Crippen molar-refractivity contribution in [3.05, 3.63) is 62.0 Å². The summed E-state index contributed by atoms with van der Waals surface area (Å²) in [5.41, 5.74) is 1.87. The van der Waals surface area contributed by atoms with Crippen LogP contribution in [0.1, 0.15) is 35.3 Å². The lowest BCUT2D eigenvalue weighted by molar-refractivity contribution is -0.145. The Kier molecular flexibility index (Phi) is 5.27. The second-order valence-corrected chi connectivity index (χ2v) is 8.13. The summed E-state index contributed by atoms with van der Waals surface area (Å²) in [6, 6.07) is 7.24. The number of thiophene rings is 1. The molecule has 1 aromatic carbocycles. The molecule has 0 unspecified atom stereocenters. The quantitative estimate of drug-likeness (QED) is 0.602. The highest BCUT2D eigenvalue weighted by Gasteiger charge is 2.20. The molecule has 0 bridgehead atoms. The number of carbonyl (C=O) groups excluding carboxylic acids is 1. The van der Waals surface area contributed by atoms with Gasteiger partial charge in [0, 0.05) is 22.0 Å². The molecule has 0 amide bonds. The van der Waals surface area contributed by atoms with Gasteiger partial charge >= 0.3 is 5.97 Å². The van der Waals surface area contributed by atoms with Crippen LogP contribution in [-0.4, -0.2) is 15.5 Å². The van der Waals surface area contributed by atoms with Crippen LogP contribution in [0.3, 0.4) is 0 Å². The lowest BCUT2D eigenvalue weighted by atomic mass is 9.97. The number of ether oxygens (including phenoxy) is 1. The lowest BCUT2D eigenvalue weighted by Crippen LogP contribution is -2.23. The number of carbonyl (C=O) groups is 1. The highest BCUT2D eigenvalue weighted by Crippen LogP contribution is 2.33. The van der Waals surface area contributed by atoms with Gasteiger partial charge in [0.25, 0.3) is 5.56 Å². The first kappa shape index (κ1) is 18.2. The van der Waals surface area contributed by atoms with Crippen molar-refractivity contribution in [1.29, 1.82) is 0 Å². The third kappa shape index (κ3) is 3.77. The second kappa shape index (κ2) is 7.82. The van der Waals surface area contributed by atoms with Crippen molar-refractivity contribution in [3.63, 3.8) is 0 Å². The van der Waals surface area contributed by atoms with Crippen LogP contribution in [-0.2, 0) is 35.5 Å². The van der Waals surface area contributed by atoms with Gasteiger partial charge in [-0.1, -0.05) is 29.8 Å². The molecule has 27 heavy (non-hydrogen) atoms. The van der Waals surface area contributed by atoms with Gasteiger partial charge in [-0.15, -0.1) is 11.3 Å². The van der Waals surface area contributed by atoms with Crippen LogP contribution in [0.4, 0.5) is 0 Å². The maximum Gasteiger partial charge on any atom is 0.307 e. The molecule has 2 aromatic heterocycles. The zero-order valence-electron chi connectivity index (χ0n) is 14.7. The number of nitrogens with zero attached hydrogens (tertiary/aromatic N) is 2. The molecule has 0 saturated carbocycles. The van der Waals surface area contributed by atoms with Crippen molar-refractivity contribution in [1.82, 2.24) is 9.55 Å². The summed E-state index contributed by atoms with van der Waals surface area (Å²) >= 11 is 7.69. The number of halogens is 1. The number of fused-ring (bicyclic) bond motifs is 3. The number of benzene rings is 1. The Morgan fingerprint density at radius 1 is 1.26 bits per heavy atom. The molecule has 0 N–H and O–H groups in total. The maximum atomic E-state index is 12.9. The van der Waals surface area contributed by atoms with Gasteiger partial charge in [-0.25, -0.2) is 4.98 Å². The van der Waals surface area contributed by atoms with Gasteiger partial charge in [0.1, 0.15) is 11.4 Å². The van der Waals surface area contributed by atoms with E-state index in [4.69, 9.17) is 16.3 Å². The number of aryl methyl sites for hydroxylation is 3. The first-order valence-corrected chi connectivity index (χ1v) is 10.2. The first-order chi connectivity index (χ1) is 13.1. The Hall–Kier alpha value is -2.18. The van der Waals surface area contributed by atoms with Crippen molar-refractivity contribution in [2.45, 2.75) is 45.3 Å². The molecular weight excluding hydrogens is 384 g/mol. The summed E-state index contributed by atoms with van der Waals surface area (Å²) in [5.74, 6) is -0.366. The van der Waals surface area contributed by atoms with Crippen LogP contribution in [0.15, 0.2) is 35.4 Å². The maximum absolute atomic E-state index is 12.9. The van der Waals surface area contributed by atoms with E-state index in [1.165, 1.54) is 22.2 Å². The minimum absolute atomic E-state index is 0.0571. The van der Waals surface area contributed by atoms with E-state index in [-0.39, 0.29) is 31.1 Å². The van der Waals surface area contributed by atoms with E-state index < -0.39 is 0 Å². The number of rotatable bonds is 5. The molecule has 0 spiro atoms. The Balaban J connectivity index is 1.44. The molecule has 0 atom stereocenters. The second-order valence-electron chi connectivity index (χ2n) is 6.64. The highest BCUT2D eigenvalue weighted by atomic mass is 35.5. The van der Waals surface area contributed by atoms with Crippen molar-refractivity contribution < 1.29 is 9.53 Å². The number of esters is 1. The largest absolute Gasteiger partial charge is 0.461 e. The molecule has 0 aliphatic heterocycles. The van der Waals surface area contributed by atoms with E-state index in [2.05, 4.69) is 4.98 Å². The minimum atomic E-state index is -0.366. The lowest BCUT2D eigenvalue weighted by Gasteiger charge is -2.10. The summed E-state index contributed by atoms with van der Waals surface area (Å²) in [4.78, 5) is 31.5. The summed E-state index contributed by atoms with van der Waals surface area (Å²) < 4.78 is 6.79. The van der Waals surface area contributed by atoms with Crippen molar-refractivity contribution in [3.8, 4) is 0 Å². The fraction of sp³-hybridized carbons (Fsp3) is 0.350. The van der Waals surface area contributed by atoms with Gasteiger partial charge in [0.05, 0.1) is 18.1 Å². The van der Waals surface area contributed by atoms with E-state index in [0.717, 1.165) is 40.6 Å². The van der Waals surface area contributed by atoms with E-state index >= 15 is 0 Å². The molecule has 1 aliphatic carbocycles. The fourth-order valence-corrected chi connectivity index (χ4v) is 4.81. The molecular formula is C20H19ClN2O3S. The molecule has 2 heterocycles. The Labute approximate surface area is 165 Å². The van der Waals surface area contributed by atoms with Crippen LogP contribution in [0.5, 0.6) is 0 Å². The van der Waals surface area contributed by atoms with Crippen molar-refractivity contribution in [2.75, 3.05) is 0 Å². The Morgan fingerprint density at radius 2 is 2.07 bits per heavy atom. The van der Waals surface area contributed by atoms with Gasteiger partial charge in [-0.3, -0.25) is 14.2 Å². The molecule has 0 radical (unpaired) electrons. The average molecular weight is 403 g/mol. The predicted octanol–water partition coefficient (Wildman–Crippen LogP) is 4.12. The molecule has 140 valence electrons.